The molecule has 1 aromatic rings. The lowest BCUT2D eigenvalue weighted by Crippen LogP contribution is -2.25. The summed E-state index contributed by atoms with van der Waals surface area (Å²) in [6.07, 6.45) is 2.38. The standard InChI is InChI=1S/C9H13N3O2S/c1-5-10-9(15-12-5)11-7(4-8(13)14)6-2-3-6/h6-7H,2-4H2,1H3,(H,13,14)(H,10,11,12). The normalized spacial score (nSPS) is 17.4. The molecule has 15 heavy (non-hydrogen) atoms. The molecule has 1 heterocycles. The van der Waals surface area contributed by atoms with Crippen LogP contribution < -0.4 is 5.32 Å². The smallest absolute Gasteiger partial charge is 0.305 e. The zero-order chi connectivity index (χ0) is 10.8. The van der Waals surface area contributed by atoms with Crippen molar-refractivity contribution in [2.24, 2.45) is 5.92 Å². The van der Waals surface area contributed by atoms with Crippen LogP contribution >= 0.6 is 11.5 Å². The summed E-state index contributed by atoms with van der Waals surface area (Å²) in [6, 6.07) is 0.00912. The first kappa shape index (κ1) is 10.4. The molecule has 1 fully saturated rings. The van der Waals surface area contributed by atoms with E-state index in [1.807, 2.05) is 6.92 Å². The summed E-state index contributed by atoms with van der Waals surface area (Å²) < 4.78 is 4.05. The molecule has 1 unspecified atom stereocenters. The second-order valence-electron chi connectivity index (χ2n) is 3.83. The number of hydrogen-bond donors (Lipinski definition) is 2. The minimum atomic E-state index is -0.763. The van der Waals surface area contributed by atoms with Crippen molar-refractivity contribution in [2.45, 2.75) is 32.2 Å². The molecule has 1 aromatic heterocycles. The van der Waals surface area contributed by atoms with Crippen molar-refractivity contribution >= 4 is 22.6 Å². The molecule has 1 atom stereocenters. The number of aliphatic carboxylic acids is 1. The van der Waals surface area contributed by atoms with Crippen molar-refractivity contribution in [1.82, 2.24) is 9.36 Å². The van der Waals surface area contributed by atoms with E-state index in [0.29, 0.717) is 5.92 Å². The van der Waals surface area contributed by atoms with E-state index in [1.165, 1.54) is 11.5 Å². The van der Waals surface area contributed by atoms with E-state index < -0.39 is 5.97 Å². The largest absolute Gasteiger partial charge is 0.481 e. The third kappa shape index (κ3) is 2.89. The first-order valence-electron chi connectivity index (χ1n) is 4.94. The number of nitrogens with zero attached hydrogens (tertiary/aromatic N) is 2. The quantitative estimate of drug-likeness (QED) is 0.797. The van der Waals surface area contributed by atoms with Gasteiger partial charge < -0.3 is 10.4 Å². The molecule has 1 aliphatic rings. The number of carboxylic acids is 1. The summed E-state index contributed by atoms with van der Waals surface area (Å²) >= 11 is 1.28. The average molecular weight is 227 g/mol. The van der Waals surface area contributed by atoms with Crippen LogP contribution in [0.2, 0.25) is 0 Å². The molecule has 0 bridgehead atoms. The Morgan fingerprint density at radius 3 is 2.93 bits per heavy atom. The topological polar surface area (TPSA) is 75.1 Å². The third-order valence-electron chi connectivity index (χ3n) is 2.42. The first-order chi connectivity index (χ1) is 7.15. The fourth-order valence-corrected chi connectivity index (χ4v) is 2.17. The van der Waals surface area contributed by atoms with Gasteiger partial charge in [-0.25, -0.2) is 4.98 Å². The van der Waals surface area contributed by atoms with Crippen LogP contribution in [0.15, 0.2) is 0 Å². The van der Waals surface area contributed by atoms with Gasteiger partial charge in [0.05, 0.1) is 6.42 Å². The molecule has 2 N–H and O–H groups in total. The Morgan fingerprint density at radius 1 is 1.73 bits per heavy atom. The van der Waals surface area contributed by atoms with Crippen molar-refractivity contribution in [1.29, 1.82) is 0 Å². The predicted octanol–water partition coefficient (Wildman–Crippen LogP) is 1.51. The number of nitrogens with one attached hydrogen (secondary N) is 1. The Labute approximate surface area is 91.7 Å². The highest BCUT2D eigenvalue weighted by Gasteiger charge is 2.33. The monoisotopic (exact) mass is 227 g/mol. The second-order valence-corrected chi connectivity index (χ2v) is 4.58. The third-order valence-corrected chi connectivity index (χ3v) is 3.16. The molecule has 1 aliphatic carbocycles. The minimum Gasteiger partial charge on any atom is -0.481 e. The minimum absolute atomic E-state index is 0.00912. The second kappa shape index (κ2) is 4.14. The van der Waals surface area contributed by atoms with Gasteiger partial charge in [-0.3, -0.25) is 4.79 Å². The van der Waals surface area contributed by atoms with Crippen LogP contribution in [0.3, 0.4) is 0 Å². The molecular formula is C9H13N3O2S. The number of hydrogen-bond acceptors (Lipinski definition) is 5. The van der Waals surface area contributed by atoms with Gasteiger partial charge in [-0.15, -0.1) is 0 Å². The van der Waals surface area contributed by atoms with Crippen molar-refractivity contribution in [2.75, 3.05) is 5.32 Å². The maximum atomic E-state index is 10.7. The molecular weight excluding hydrogens is 214 g/mol. The SMILES string of the molecule is Cc1nsc(NC(CC(=O)O)C2CC2)n1. The summed E-state index contributed by atoms with van der Waals surface area (Å²) in [6.45, 7) is 1.82. The summed E-state index contributed by atoms with van der Waals surface area (Å²) in [7, 11) is 0. The highest BCUT2D eigenvalue weighted by atomic mass is 32.1. The van der Waals surface area contributed by atoms with Crippen LogP contribution in [0.4, 0.5) is 5.13 Å². The van der Waals surface area contributed by atoms with Crippen LogP contribution in [0.25, 0.3) is 0 Å². The fraction of sp³-hybridized carbons (Fsp3) is 0.667. The number of rotatable bonds is 5. The van der Waals surface area contributed by atoms with E-state index in [-0.39, 0.29) is 12.5 Å². The molecule has 0 aromatic carbocycles. The fourth-order valence-electron chi connectivity index (χ4n) is 1.54. The van der Waals surface area contributed by atoms with Gasteiger partial charge in [0, 0.05) is 17.6 Å². The van der Waals surface area contributed by atoms with Crippen LogP contribution in [-0.4, -0.2) is 26.5 Å². The lowest BCUT2D eigenvalue weighted by atomic mass is 10.1. The Balaban J connectivity index is 1.96. The van der Waals surface area contributed by atoms with E-state index >= 15 is 0 Å². The van der Waals surface area contributed by atoms with Crippen LogP contribution in [-0.2, 0) is 4.79 Å². The molecule has 0 saturated heterocycles. The molecule has 0 aliphatic heterocycles. The lowest BCUT2D eigenvalue weighted by molar-refractivity contribution is -0.137. The highest BCUT2D eigenvalue weighted by molar-refractivity contribution is 7.09. The summed E-state index contributed by atoms with van der Waals surface area (Å²) in [4.78, 5) is 14.8. The summed E-state index contributed by atoms with van der Waals surface area (Å²) in [5.74, 6) is 0.457. The molecule has 1 saturated carbocycles. The molecule has 0 radical (unpaired) electrons. The molecule has 0 spiro atoms. The van der Waals surface area contributed by atoms with Gasteiger partial charge in [0.1, 0.15) is 5.82 Å². The Kier molecular flexibility index (Phi) is 2.86. The van der Waals surface area contributed by atoms with E-state index in [2.05, 4.69) is 14.7 Å². The van der Waals surface area contributed by atoms with Crippen LogP contribution in [0.5, 0.6) is 0 Å². The molecule has 5 nitrogen and oxygen atoms in total. The zero-order valence-corrected chi connectivity index (χ0v) is 9.25. The Morgan fingerprint density at radius 2 is 2.47 bits per heavy atom. The van der Waals surface area contributed by atoms with Gasteiger partial charge >= 0.3 is 5.97 Å². The van der Waals surface area contributed by atoms with Gasteiger partial charge in [-0.2, -0.15) is 4.37 Å². The van der Waals surface area contributed by atoms with Crippen molar-refractivity contribution in [3.05, 3.63) is 5.82 Å². The molecule has 0 amide bonds. The highest BCUT2D eigenvalue weighted by Crippen LogP contribution is 2.35. The molecule has 82 valence electrons. The first-order valence-corrected chi connectivity index (χ1v) is 5.71. The van der Waals surface area contributed by atoms with Gasteiger partial charge in [-0.05, 0) is 25.7 Å². The number of aryl methyl sites for hydroxylation is 1. The Hall–Kier alpha value is -1.17. The van der Waals surface area contributed by atoms with Crippen molar-refractivity contribution in [3.63, 3.8) is 0 Å². The lowest BCUT2D eigenvalue weighted by Gasteiger charge is -2.14. The summed E-state index contributed by atoms with van der Waals surface area (Å²) in [5.41, 5.74) is 0. The number of anilines is 1. The van der Waals surface area contributed by atoms with Crippen LogP contribution in [0.1, 0.15) is 25.1 Å². The van der Waals surface area contributed by atoms with E-state index in [1.54, 1.807) is 0 Å². The maximum absolute atomic E-state index is 10.7. The predicted molar refractivity (Wildman–Crippen MR) is 57.0 cm³/mol. The van der Waals surface area contributed by atoms with E-state index in [9.17, 15) is 4.79 Å². The van der Waals surface area contributed by atoms with Crippen LogP contribution in [0, 0.1) is 12.8 Å². The van der Waals surface area contributed by atoms with Gasteiger partial charge in [-0.1, -0.05) is 0 Å². The molecule has 2 rings (SSSR count). The van der Waals surface area contributed by atoms with Gasteiger partial charge in [0.15, 0.2) is 0 Å². The van der Waals surface area contributed by atoms with Crippen molar-refractivity contribution < 1.29 is 9.90 Å². The average Bonchev–Trinajstić information content (AvgIpc) is 2.90. The maximum Gasteiger partial charge on any atom is 0.305 e. The Bertz CT molecular complexity index is 362. The molecule has 6 heteroatoms. The number of aromatic nitrogens is 2. The van der Waals surface area contributed by atoms with E-state index in [0.717, 1.165) is 23.8 Å². The number of carboxylic acid groups (broad SMARTS) is 1. The van der Waals surface area contributed by atoms with E-state index in [4.69, 9.17) is 5.11 Å². The zero-order valence-electron chi connectivity index (χ0n) is 8.43. The van der Waals surface area contributed by atoms with Crippen molar-refractivity contribution in [3.8, 4) is 0 Å². The van der Waals surface area contributed by atoms with Gasteiger partial charge in [0.2, 0.25) is 5.13 Å². The van der Waals surface area contributed by atoms with Gasteiger partial charge in [0.25, 0.3) is 0 Å². The summed E-state index contributed by atoms with van der Waals surface area (Å²) in [5, 5.41) is 12.7. The number of carbonyl (C=O) groups is 1.